The molecule has 2 heterocycles. The second-order valence-corrected chi connectivity index (χ2v) is 5.29. The SMILES string of the molecule is COc1cccc(CN2CCOCc3cc(C(=O)O)ccc32)n1. The van der Waals surface area contributed by atoms with Gasteiger partial charge in [-0.3, -0.25) is 0 Å². The van der Waals surface area contributed by atoms with Gasteiger partial charge in [0.15, 0.2) is 0 Å². The second kappa shape index (κ2) is 6.66. The molecule has 0 saturated heterocycles. The van der Waals surface area contributed by atoms with E-state index in [0.717, 1.165) is 23.5 Å². The maximum Gasteiger partial charge on any atom is 0.335 e. The molecule has 120 valence electrons. The number of carboxylic acids is 1. The average Bonchev–Trinajstić information content (AvgIpc) is 2.77. The summed E-state index contributed by atoms with van der Waals surface area (Å²) in [5.41, 5.74) is 3.02. The summed E-state index contributed by atoms with van der Waals surface area (Å²) in [7, 11) is 1.59. The van der Waals surface area contributed by atoms with Crippen LogP contribution in [-0.4, -0.2) is 36.3 Å². The van der Waals surface area contributed by atoms with Crippen molar-refractivity contribution in [3.63, 3.8) is 0 Å². The summed E-state index contributed by atoms with van der Waals surface area (Å²) in [5, 5.41) is 9.14. The lowest BCUT2D eigenvalue weighted by atomic mass is 10.1. The van der Waals surface area contributed by atoms with Gasteiger partial charge in [0.1, 0.15) is 0 Å². The van der Waals surface area contributed by atoms with E-state index >= 15 is 0 Å². The number of anilines is 1. The molecule has 1 aromatic heterocycles. The summed E-state index contributed by atoms with van der Waals surface area (Å²) < 4.78 is 10.7. The highest BCUT2D eigenvalue weighted by atomic mass is 16.5. The van der Waals surface area contributed by atoms with E-state index in [1.807, 2.05) is 24.3 Å². The average molecular weight is 314 g/mol. The fraction of sp³-hybridized carbons (Fsp3) is 0.294. The largest absolute Gasteiger partial charge is 0.481 e. The molecule has 0 aliphatic carbocycles. The number of aromatic carboxylic acids is 1. The van der Waals surface area contributed by atoms with E-state index in [1.54, 1.807) is 19.2 Å². The molecule has 3 rings (SSSR count). The lowest BCUT2D eigenvalue weighted by Crippen LogP contribution is -2.26. The number of rotatable bonds is 4. The van der Waals surface area contributed by atoms with Crippen LogP contribution in [0.1, 0.15) is 21.6 Å². The van der Waals surface area contributed by atoms with Gasteiger partial charge in [0.05, 0.1) is 38.1 Å². The van der Waals surface area contributed by atoms with Crippen LogP contribution in [0.15, 0.2) is 36.4 Å². The fourth-order valence-electron chi connectivity index (χ4n) is 2.64. The molecule has 2 aromatic rings. The molecule has 1 N–H and O–H groups in total. The summed E-state index contributed by atoms with van der Waals surface area (Å²) in [6.45, 7) is 2.33. The number of pyridine rings is 1. The first kappa shape index (κ1) is 15.3. The van der Waals surface area contributed by atoms with Crippen LogP contribution in [-0.2, 0) is 17.9 Å². The zero-order valence-corrected chi connectivity index (χ0v) is 12.9. The van der Waals surface area contributed by atoms with Crippen molar-refractivity contribution in [2.45, 2.75) is 13.2 Å². The fourth-order valence-corrected chi connectivity index (χ4v) is 2.64. The summed E-state index contributed by atoms with van der Waals surface area (Å²) in [6.07, 6.45) is 0. The quantitative estimate of drug-likeness (QED) is 0.934. The number of methoxy groups -OCH3 is 1. The molecule has 0 unspecified atom stereocenters. The molecule has 1 aliphatic heterocycles. The monoisotopic (exact) mass is 314 g/mol. The summed E-state index contributed by atoms with van der Waals surface area (Å²) in [6, 6.07) is 10.8. The van der Waals surface area contributed by atoms with Gasteiger partial charge in [0.2, 0.25) is 5.88 Å². The molecule has 6 heteroatoms. The Morgan fingerprint density at radius 2 is 2.26 bits per heavy atom. The molecule has 0 spiro atoms. The molecule has 0 bridgehead atoms. The Balaban J connectivity index is 1.90. The molecule has 1 aromatic carbocycles. The van der Waals surface area contributed by atoms with E-state index in [1.165, 1.54) is 0 Å². The number of fused-ring (bicyclic) bond motifs is 1. The minimum Gasteiger partial charge on any atom is -0.481 e. The number of hydrogen-bond donors (Lipinski definition) is 1. The smallest absolute Gasteiger partial charge is 0.335 e. The lowest BCUT2D eigenvalue weighted by Gasteiger charge is -2.24. The predicted octanol–water partition coefficient (Wildman–Crippen LogP) is 2.33. The maximum absolute atomic E-state index is 11.1. The Morgan fingerprint density at radius 1 is 1.39 bits per heavy atom. The minimum absolute atomic E-state index is 0.272. The van der Waals surface area contributed by atoms with Gasteiger partial charge in [-0.2, -0.15) is 0 Å². The van der Waals surface area contributed by atoms with Crippen molar-refractivity contribution in [1.82, 2.24) is 4.98 Å². The number of carbonyl (C=O) groups is 1. The Hall–Kier alpha value is -2.60. The molecule has 0 fully saturated rings. The molecule has 23 heavy (non-hydrogen) atoms. The van der Waals surface area contributed by atoms with Gasteiger partial charge in [-0.1, -0.05) is 6.07 Å². The van der Waals surface area contributed by atoms with Crippen molar-refractivity contribution in [3.05, 3.63) is 53.2 Å². The van der Waals surface area contributed by atoms with Crippen LogP contribution in [0, 0.1) is 0 Å². The minimum atomic E-state index is -0.932. The Morgan fingerprint density at radius 3 is 3.04 bits per heavy atom. The van der Waals surface area contributed by atoms with Crippen LogP contribution in [0.4, 0.5) is 5.69 Å². The van der Waals surface area contributed by atoms with Gasteiger partial charge >= 0.3 is 5.97 Å². The standard InChI is InChI=1S/C17H18N2O4/c1-22-16-4-2-3-14(18-16)10-19-7-8-23-11-13-9-12(17(20)21)5-6-15(13)19/h2-6,9H,7-8,10-11H2,1H3,(H,20,21). The topological polar surface area (TPSA) is 71.9 Å². The van der Waals surface area contributed by atoms with Gasteiger partial charge in [-0.05, 0) is 24.3 Å². The Kier molecular flexibility index (Phi) is 4.43. The van der Waals surface area contributed by atoms with Gasteiger partial charge in [0.25, 0.3) is 0 Å². The first-order valence-corrected chi connectivity index (χ1v) is 7.36. The summed E-state index contributed by atoms with van der Waals surface area (Å²) in [5.74, 6) is -0.354. The zero-order valence-electron chi connectivity index (χ0n) is 12.9. The highest BCUT2D eigenvalue weighted by Crippen LogP contribution is 2.27. The predicted molar refractivity (Wildman–Crippen MR) is 84.9 cm³/mol. The third-order valence-corrected chi connectivity index (χ3v) is 3.77. The van der Waals surface area contributed by atoms with Gasteiger partial charge < -0.3 is 19.5 Å². The Labute approximate surface area is 134 Å². The van der Waals surface area contributed by atoms with E-state index in [-0.39, 0.29) is 5.56 Å². The van der Waals surface area contributed by atoms with Crippen molar-refractivity contribution in [2.75, 3.05) is 25.2 Å². The van der Waals surface area contributed by atoms with Crippen molar-refractivity contribution >= 4 is 11.7 Å². The van der Waals surface area contributed by atoms with E-state index in [2.05, 4.69) is 9.88 Å². The number of carboxylic acid groups (broad SMARTS) is 1. The number of nitrogens with zero attached hydrogens (tertiary/aromatic N) is 2. The normalized spacial score (nSPS) is 14.0. The Bertz CT molecular complexity index is 717. The number of benzene rings is 1. The highest BCUT2D eigenvalue weighted by molar-refractivity contribution is 5.88. The molecular formula is C17H18N2O4. The van der Waals surface area contributed by atoms with E-state index < -0.39 is 5.97 Å². The van der Waals surface area contributed by atoms with Crippen LogP contribution in [0.3, 0.4) is 0 Å². The van der Waals surface area contributed by atoms with Crippen LogP contribution >= 0.6 is 0 Å². The number of ether oxygens (including phenoxy) is 2. The molecule has 0 amide bonds. The van der Waals surface area contributed by atoms with Crippen molar-refractivity contribution in [3.8, 4) is 5.88 Å². The third kappa shape index (κ3) is 3.43. The maximum atomic E-state index is 11.1. The van der Waals surface area contributed by atoms with Crippen LogP contribution in [0.5, 0.6) is 5.88 Å². The molecule has 6 nitrogen and oxygen atoms in total. The molecular weight excluding hydrogens is 296 g/mol. The second-order valence-electron chi connectivity index (χ2n) is 5.29. The van der Waals surface area contributed by atoms with Crippen LogP contribution < -0.4 is 9.64 Å². The summed E-state index contributed by atoms with van der Waals surface area (Å²) in [4.78, 5) is 17.7. The van der Waals surface area contributed by atoms with Gasteiger partial charge in [-0.15, -0.1) is 0 Å². The van der Waals surface area contributed by atoms with E-state index in [9.17, 15) is 4.79 Å². The molecule has 0 saturated carbocycles. The van der Waals surface area contributed by atoms with Crippen molar-refractivity contribution in [1.29, 1.82) is 0 Å². The lowest BCUT2D eigenvalue weighted by molar-refractivity contribution is 0.0696. The highest BCUT2D eigenvalue weighted by Gasteiger charge is 2.18. The number of hydrogen-bond acceptors (Lipinski definition) is 5. The molecule has 0 radical (unpaired) electrons. The van der Waals surface area contributed by atoms with Crippen LogP contribution in [0.25, 0.3) is 0 Å². The van der Waals surface area contributed by atoms with Crippen LogP contribution in [0.2, 0.25) is 0 Å². The molecule has 0 atom stereocenters. The van der Waals surface area contributed by atoms with E-state index in [0.29, 0.717) is 25.6 Å². The zero-order chi connectivity index (χ0) is 16.2. The summed E-state index contributed by atoms with van der Waals surface area (Å²) >= 11 is 0. The number of aromatic nitrogens is 1. The first-order chi connectivity index (χ1) is 11.2. The molecule has 1 aliphatic rings. The van der Waals surface area contributed by atoms with Crippen molar-refractivity contribution < 1.29 is 19.4 Å². The van der Waals surface area contributed by atoms with Crippen molar-refractivity contribution in [2.24, 2.45) is 0 Å². The van der Waals surface area contributed by atoms with Gasteiger partial charge in [0, 0.05) is 23.9 Å². The van der Waals surface area contributed by atoms with Gasteiger partial charge in [-0.25, -0.2) is 9.78 Å². The first-order valence-electron chi connectivity index (χ1n) is 7.36. The van der Waals surface area contributed by atoms with E-state index in [4.69, 9.17) is 14.6 Å². The third-order valence-electron chi connectivity index (χ3n) is 3.77.